The Morgan fingerprint density at radius 1 is 1.25 bits per heavy atom. The van der Waals surface area contributed by atoms with Crippen LogP contribution in [0.2, 0.25) is 0 Å². The Kier molecular flexibility index (Phi) is 7.18. The van der Waals surface area contributed by atoms with Crippen LogP contribution in [0, 0.1) is 0 Å². The van der Waals surface area contributed by atoms with Crippen molar-refractivity contribution in [3.8, 4) is 11.5 Å². The number of hydrogen-bond donors (Lipinski definition) is 1. The standard InChI is InChI=1S/C17H22O3/c1-3-7-15(18)9-6-5-8-14-10-11-17(16(19)13-14)20-12-4-2/h5-6,8-11,13,19H,3-4,7,12H2,1-2H3. The molecule has 0 aliphatic rings. The molecule has 0 aliphatic carbocycles. The summed E-state index contributed by atoms with van der Waals surface area (Å²) in [5.41, 5.74) is 0.860. The monoisotopic (exact) mass is 274 g/mol. The quantitative estimate of drug-likeness (QED) is 0.573. The molecule has 0 spiro atoms. The summed E-state index contributed by atoms with van der Waals surface area (Å²) in [7, 11) is 0. The molecule has 1 aromatic carbocycles. The number of ketones is 1. The number of rotatable bonds is 8. The highest BCUT2D eigenvalue weighted by molar-refractivity contribution is 5.89. The number of allylic oxidation sites excluding steroid dienone is 3. The first-order chi connectivity index (χ1) is 9.67. The summed E-state index contributed by atoms with van der Waals surface area (Å²) < 4.78 is 5.39. The first-order valence-electron chi connectivity index (χ1n) is 7.00. The van der Waals surface area contributed by atoms with Crippen molar-refractivity contribution in [3.05, 3.63) is 42.0 Å². The van der Waals surface area contributed by atoms with E-state index in [1.54, 1.807) is 30.4 Å². The van der Waals surface area contributed by atoms with Gasteiger partial charge in [-0.2, -0.15) is 0 Å². The number of aromatic hydroxyl groups is 1. The van der Waals surface area contributed by atoms with Gasteiger partial charge in [0.25, 0.3) is 0 Å². The maximum atomic E-state index is 11.3. The predicted molar refractivity (Wildman–Crippen MR) is 82.0 cm³/mol. The minimum Gasteiger partial charge on any atom is -0.504 e. The van der Waals surface area contributed by atoms with Gasteiger partial charge < -0.3 is 9.84 Å². The lowest BCUT2D eigenvalue weighted by atomic mass is 10.1. The zero-order valence-electron chi connectivity index (χ0n) is 12.1. The molecule has 0 unspecified atom stereocenters. The van der Waals surface area contributed by atoms with Crippen molar-refractivity contribution in [1.29, 1.82) is 0 Å². The van der Waals surface area contributed by atoms with Gasteiger partial charge in [0.05, 0.1) is 6.61 Å². The molecule has 0 radical (unpaired) electrons. The lowest BCUT2D eigenvalue weighted by Crippen LogP contribution is -1.95. The lowest BCUT2D eigenvalue weighted by Gasteiger charge is -2.06. The molecule has 1 N–H and O–H groups in total. The van der Waals surface area contributed by atoms with Crippen molar-refractivity contribution < 1.29 is 14.6 Å². The van der Waals surface area contributed by atoms with E-state index in [9.17, 15) is 9.90 Å². The highest BCUT2D eigenvalue weighted by Crippen LogP contribution is 2.27. The molecule has 0 saturated heterocycles. The third-order valence-corrected chi connectivity index (χ3v) is 2.62. The summed E-state index contributed by atoms with van der Waals surface area (Å²) in [5.74, 6) is 0.757. The molecular weight excluding hydrogens is 252 g/mol. The number of hydrogen-bond acceptors (Lipinski definition) is 3. The highest BCUT2D eigenvalue weighted by Gasteiger charge is 2.01. The van der Waals surface area contributed by atoms with Crippen LogP contribution in [-0.4, -0.2) is 17.5 Å². The van der Waals surface area contributed by atoms with E-state index in [1.165, 1.54) is 0 Å². The number of ether oxygens (including phenoxy) is 1. The molecule has 0 fully saturated rings. The van der Waals surface area contributed by atoms with E-state index >= 15 is 0 Å². The van der Waals surface area contributed by atoms with Gasteiger partial charge in [0.2, 0.25) is 0 Å². The zero-order valence-corrected chi connectivity index (χ0v) is 12.1. The Labute approximate surface area is 120 Å². The molecule has 0 bridgehead atoms. The molecule has 108 valence electrons. The lowest BCUT2D eigenvalue weighted by molar-refractivity contribution is -0.114. The van der Waals surface area contributed by atoms with Crippen LogP contribution < -0.4 is 4.74 Å². The summed E-state index contributed by atoms with van der Waals surface area (Å²) >= 11 is 0. The molecular formula is C17H22O3. The van der Waals surface area contributed by atoms with Crippen molar-refractivity contribution in [2.45, 2.75) is 33.1 Å². The fourth-order valence-electron chi connectivity index (χ4n) is 1.63. The number of carbonyl (C=O) groups excluding carboxylic acids is 1. The average Bonchev–Trinajstić information content (AvgIpc) is 2.43. The predicted octanol–water partition coefficient (Wildman–Crippen LogP) is 4.12. The van der Waals surface area contributed by atoms with Gasteiger partial charge in [0.1, 0.15) is 0 Å². The van der Waals surface area contributed by atoms with E-state index in [-0.39, 0.29) is 11.5 Å². The largest absolute Gasteiger partial charge is 0.504 e. The van der Waals surface area contributed by atoms with Crippen LogP contribution in [0.25, 0.3) is 6.08 Å². The van der Waals surface area contributed by atoms with E-state index in [4.69, 9.17) is 4.74 Å². The minimum absolute atomic E-state index is 0.128. The second kappa shape index (κ2) is 8.97. The van der Waals surface area contributed by atoms with Gasteiger partial charge >= 0.3 is 0 Å². The Balaban J connectivity index is 2.60. The van der Waals surface area contributed by atoms with E-state index in [1.807, 2.05) is 26.0 Å². The number of carbonyl (C=O) groups is 1. The van der Waals surface area contributed by atoms with E-state index in [0.29, 0.717) is 18.8 Å². The molecule has 3 heteroatoms. The van der Waals surface area contributed by atoms with Crippen LogP contribution >= 0.6 is 0 Å². The molecule has 1 aromatic rings. The maximum Gasteiger partial charge on any atom is 0.160 e. The van der Waals surface area contributed by atoms with Gasteiger partial charge in [-0.05, 0) is 36.6 Å². The Morgan fingerprint density at radius 3 is 2.70 bits per heavy atom. The fourth-order valence-corrected chi connectivity index (χ4v) is 1.63. The van der Waals surface area contributed by atoms with Crippen molar-refractivity contribution in [2.24, 2.45) is 0 Å². The Morgan fingerprint density at radius 2 is 2.05 bits per heavy atom. The molecule has 0 amide bonds. The first-order valence-corrected chi connectivity index (χ1v) is 7.00. The molecule has 0 aliphatic heterocycles. The topological polar surface area (TPSA) is 46.5 Å². The van der Waals surface area contributed by atoms with E-state index < -0.39 is 0 Å². The maximum absolute atomic E-state index is 11.3. The summed E-state index contributed by atoms with van der Waals surface area (Å²) in [6.45, 7) is 4.58. The van der Waals surface area contributed by atoms with Crippen LogP contribution in [-0.2, 0) is 4.79 Å². The zero-order chi connectivity index (χ0) is 14.8. The first kappa shape index (κ1) is 16.0. The molecule has 0 aromatic heterocycles. The Hall–Kier alpha value is -2.03. The minimum atomic E-state index is 0.128. The molecule has 1 rings (SSSR count). The van der Waals surface area contributed by atoms with Crippen LogP contribution in [0.5, 0.6) is 11.5 Å². The second-order valence-corrected chi connectivity index (χ2v) is 4.51. The fraction of sp³-hybridized carbons (Fsp3) is 0.353. The smallest absolute Gasteiger partial charge is 0.160 e. The van der Waals surface area contributed by atoms with Crippen LogP contribution in [0.1, 0.15) is 38.7 Å². The van der Waals surface area contributed by atoms with Crippen molar-refractivity contribution >= 4 is 11.9 Å². The summed E-state index contributed by atoms with van der Waals surface area (Å²) in [6, 6.07) is 5.25. The normalized spacial score (nSPS) is 11.3. The number of phenols is 1. The number of phenolic OH excluding ortho intramolecular Hbond substituents is 1. The average molecular weight is 274 g/mol. The van der Waals surface area contributed by atoms with Crippen molar-refractivity contribution in [3.63, 3.8) is 0 Å². The molecule has 20 heavy (non-hydrogen) atoms. The van der Waals surface area contributed by atoms with Gasteiger partial charge in [-0.1, -0.05) is 38.1 Å². The molecule has 0 heterocycles. The summed E-state index contributed by atoms with van der Waals surface area (Å²) in [4.78, 5) is 11.3. The van der Waals surface area contributed by atoms with Crippen LogP contribution in [0.15, 0.2) is 36.4 Å². The molecule has 0 atom stereocenters. The molecule has 0 saturated carbocycles. The second-order valence-electron chi connectivity index (χ2n) is 4.51. The third kappa shape index (κ3) is 5.74. The third-order valence-electron chi connectivity index (χ3n) is 2.62. The van der Waals surface area contributed by atoms with Crippen molar-refractivity contribution in [1.82, 2.24) is 0 Å². The van der Waals surface area contributed by atoms with Gasteiger partial charge in [0.15, 0.2) is 17.3 Å². The van der Waals surface area contributed by atoms with Gasteiger partial charge in [-0.25, -0.2) is 0 Å². The Bertz CT molecular complexity index is 487. The SMILES string of the molecule is CCCOc1ccc(C=CC=CC(=O)CCC)cc1O. The summed E-state index contributed by atoms with van der Waals surface area (Å²) in [5, 5.41) is 9.80. The van der Waals surface area contributed by atoms with Gasteiger partial charge in [-0.3, -0.25) is 4.79 Å². The summed E-state index contributed by atoms with van der Waals surface area (Å²) in [6.07, 6.45) is 9.25. The van der Waals surface area contributed by atoms with E-state index in [0.717, 1.165) is 18.4 Å². The van der Waals surface area contributed by atoms with E-state index in [2.05, 4.69) is 0 Å². The van der Waals surface area contributed by atoms with Gasteiger partial charge in [-0.15, -0.1) is 0 Å². The number of benzene rings is 1. The van der Waals surface area contributed by atoms with Crippen molar-refractivity contribution in [2.75, 3.05) is 6.61 Å². The van der Waals surface area contributed by atoms with Crippen LogP contribution in [0.4, 0.5) is 0 Å². The highest BCUT2D eigenvalue weighted by atomic mass is 16.5. The van der Waals surface area contributed by atoms with Gasteiger partial charge in [0, 0.05) is 6.42 Å². The van der Waals surface area contributed by atoms with Crippen LogP contribution in [0.3, 0.4) is 0 Å². The molecule has 3 nitrogen and oxygen atoms in total.